The van der Waals surface area contributed by atoms with Gasteiger partial charge in [0.05, 0.1) is 11.4 Å². The van der Waals surface area contributed by atoms with Crippen LogP contribution in [0.5, 0.6) is 5.75 Å². The topological polar surface area (TPSA) is 202 Å². The number of nitrogens with zero attached hydrogens (tertiary/aromatic N) is 5. The molecule has 0 bridgehead atoms. The molecule has 1 aliphatic rings. The van der Waals surface area contributed by atoms with Crippen LogP contribution in [0.2, 0.25) is 0 Å². The van der Waals surface area contributed by atoms with Crippen molar-refractivity contribution in [3.63, 3.8) is 0 Å². The van der Waals surface area contributed by atoms with E-state index in [-0.39, 0.29) is 34.7 Å². The van der Waals surface area contributed by atoms with Crippen molar-refractivity contribution in [3.8, 4) is 28.4 Å². The van der Waals surface area contributed by atoms with E-state index in [4.69, 9.17) is 21.7 Å². The number of carbonyl (C=O) groups is 2. The number of hydrogen-bond donors (Lipinski definition) is 5. The number of aromatic hydroxyl groups is 1. The summed E-state index contributed by atoms with van der Waals surface area (Å²) in [7, 11) is 2.09. The summed E-state index contributed by atoms with van der Waals surface area (Å²) >= 11 is 0. The molecule has 190 valence electrons. The zero-order chi connectivity index (χ0) is 26.4. The Morgan fingerprint density at radius 1 is 1.06 bits per heavy atom. The molecule has 4 rings (SSSR count). The van der Waals surface area contributed by atoms with Gasteiger partial charge in [0.1, 0.15) is 17.9 Å². The van der Waals surface area contributed by atoms with Gasteiger partial charge in [0.2, 0.25) is 5.95 Å². The Kier molecular flexibility index (Phi) is 8.27. The van der Waals surface area contributed by atoms with Crippen molar-refractivity contribution in [2.75, 3.05) is 31.6 Å². The number of nitrogen functional groups attached to an aromatic ring is 2. The number of aliphatic carboxylic acids is 2. The number of piperidine rings is 1. The zero-order valence-corrected chi connectivity index (χ0v) is 19.4. The third-order valence-electron chi connectivity index (χ3n) is 5.51. The quantitative estimate of drug-likeness (QED) is 0.320. The van der Waals surface area contributed by atoms with E-state index in [1.807, 2.05) is 0 Å². The van der Waals surface area contributed by atoms with Crippen molar-refractivity contribution < 1.29 is 29.3 Å². The number of hydrogen-bond acceptors (Lipinski definition) is 10. The molecule has 0 aliphatic carbocycles. The van der Waals surface area contributed by atoms with E-state index in [9.17, 15) is 19.1 Å². The maximum absolute atomic E-state index is 14.4. The van der Waals surface area contributed by atoms with Gasteiger partial charge in [-0.25, -0.2) is 24.3 Å². The number of anilines is 2. The summed E-state index contributed by atoms with van der Waals surface area (Å²) in [5.74, 6) is -3.20. The summed E-state index contributed by atoms with van der Waals surface area (Å²) in [6.07, 6.45) is 2.53. The van der Waals surface area contributed by atoms with Crippen molar-refractivity contribution in [1.82, 2.24) is 24.8 Å². The van der Waals surface area contributed by atoms with Crippen LogP contribution in [0.1, 0.15) is 30.9 Å². The third kappa shape index (κ3) is 6.60. The molecule has 4 heterocycles. The zero-order valence-electron chi connectivity index (χ0n) is 19.4. The van der Waals surface area contributed by atoms with Gasteiger partial charge in [-0.15, -0.1) is 0 Å². The number of pyridine rings is 2. The summed E-state index contributed by atoms with van der Waals surface area (Å²) in [4.78, 5) is 37.9. The van der Waals surface area contributed by atoms with Crippen LogP contribution >= 0.6 is 0 Å². The molecule has 0 saturated carbocycles. The van der Waals surface area contributed by atoms with Crippen LogP contribution in [-0.2, 0) is 9.59 Å². The van der Waals surface area contributed by atoms with Crippen molar-refractivity contribution in [2.24, 2.45) is 0 Å². The molecule has 7 N–H and O–H groups in total. The van der Waals surface area contributed by atoms with E-state index in [1.165, 1.54) is 24.4 Å². The normalized spacial score (nSPS) is 14.1. The molecule has 0 amide bonds. The average Bonchev–Trinajstić information content (AvgIpc) is 2.81. The highest BCUT2D eigenvalue weighted by atomic mass is 19.1. The van der Waals surface area contributed by atoms with Gasteiger partial charge >= 0.3 is 11.9 Å². The van der Waals surface area contributed by atoms with Gasteiger partial charge in [0, 0.05) is 23.4 Å². The third-order valence-corrected chi connectivity index (χ3v) is 5.51. The fourth-order valence-corrected chi connectivity index (χ4v) is 3.70. The van der Waals surface area contributed by atoms with Crippen LogP contribution in [0.15, 0.2) is 30.5 Å². The number of halogens is 1. The lowest BCUT2D eigenvalue weighted by atomic mass is 9.93. The first-order chi connectivity index (χ1) is 17.0. The first-order valence-corrected chi connectivity index (χ1v) is 10.9. The summed E-state index contributed by atoms with van der Waals surface area (Å²) in [5, 5.41) is 25.8. The first kappa shape index (κ1) is 26.2. The molecular formula is C23H26FN7O5. The summed E-state index contributed by atoms with van der Waals surface area (Å²) in [6, 6.07) is 6.24. The SMILES string of the molecule is CN1CCC(c2cc(-c3nc(-c4ccnc(N)c4F)ccc3O)nc(N)n2)CC1.O=C(O)CC(=O)O. The number of carboxylic acids is 2. The lowest BCUT2D eigenvalue weighted by Gasteiger charge is -2.28. The molecule has 3 aromatic heterocycles. The monoisotopic (exact) mass is 499 g/mol. The van der Waals surface area contributed by atoms with Gasteiger partial charge in [-0.05, 0) is 57.2 Å². The number of rotatable bonds is 5. The van der Waals surface area contributed by atoms with Gasteiger partial charge in [0.15, 0.2) is 11.6 Å². The molecule has 1 saturated heterocycles. The molecule has 0 spiro atoms. The largest absolute Gasteiger partial charge is 0.506 e. The van der Waals surface area contributed by atoms with E-state index in [1.54, 1.807) is 6.07 Å². The molecule has 0 atom stereocenters. The lowest BCUT2D eigenvalue weighted by Crippen LogP contribution is -2.29. The predicted octanol–water partition coefficient (Wildman–Crippen LogP) is 1.96. The number of carboxylic acid groups (broad SMARTS) is 2. The molecule has 1 aliphatic heterocycles. The number of nitrogens with two attached hydrogens (primary N) is 2. The summed E-state index contributed by atoms with van der Waals surface area (Å²) in [6.45, 7) is 1.96. The maximum Gasteiger partial charge on any atom is 0.314 e. The van der Waals surface area contributed by atoms with Gasteiger partial charge in [-0.1, -0.05) is 0 Å². The van der Waals surface area contributed by atoms with E-state index >= 15 is 0 Å². The molecule has 0 radical (unpaired) electrons. The van der Waals surface area contributed by atoms with Crippen LogP contribution in [0.3, 0.4) is 0 Å². The standard InChI is InChI=1S/C20H22FN7O.C3H4O4/c1-28-8-5-11(6-9-28)14-10-15(27-20(23)26-14)18-16(29)3-2-13(25-18)12-4-7-24-19(22)17(12)21;4-2(5)1-3(6)7/h2-4,7,10-11,29H,5-6,8-9H2,1H3,(H2,22,24)(H2,23,26,27);1H2,(H,4,5)(H,6,7). The second kappa shape index (κ2) is 11.4. The van der Waals surface area contributed by atoms with Crippen molar-refractivity contribution in [3.05, 3.63) is 42.0 Å². The van der Waals surface area contributed by atoms with Crippen LogP contribution < -0.4 is 11.5 Å². The minimum absolute atomic E-state index is 0.0800. The second-order valence-electron chi connectivity index (χ2n) is 8.20. The Morgan fingerprint density at radius 2 is 1.72 bits per heavy atom. The molecule has 13 heteroatoms. The minimum atomic E-state index is -1.31. The van der Waals surface area contributed by atoms with E-state index in [2.05, 4.69) is 31.9 Å². The van der Waals surface area contributed by atoms with Crippen LogP contribution in [0.25, 0.3) is 22.6 Å². The Labute approximate surface area is 205 Å². The first-order valence-electron chi connectivity index (χ1n) is 10.9. The van der Waals surface area contributed by atoms with Crippen LogP contribution in [0.4, 0.5) is 16.2 Å². The smallest absolute Gasteiger partial charge is 0.314 e. The van der Waals surface area contributed by atoms with E-state index in [0.717, 1.165) is 31.6 Å². The highest BCUT2D eigenvalue weighted by Gasteiger charge is 2.22. The van der Waals surface area contributed by atoms with Gasteiger partial charge < -0.3 is 31.7 Å². The van der Waals surface area contributed by atoms with Gasteiger partial charge in [0.25, 0.3) is 0 Å². The maximum atomic E-state index is 14.4. The molecule has 0 unspecified atom stereocenters. The van der Waals surface area contributed by atoms with Crippen LogP contribution in [0, 0.1) is 5.82 Å². The Balaban J connectivity index is 0.000000454. The Morgan fingerprint density at radius 3 is 2.33 bits per heavy atom. The Hall–Kier alpha value is -4.39. The van der Waals surface area contributed by atoms with E-state index < -0.39 is 24.2 Å². The molecule has 3 aromatic rings. The van der Waals surface area contributed by atoms with Crippen molar-refractivity contribution in [1.29, 1.82) is 0 Å². The molecule has 36 heavy (non-hydrogen) atoms. The van der Waals surface area contributed by atoms with E-state index in [0.29, 0.717) is 11.4 Å². The van der Waals surface area contributed by atoms with Crippen molar-refractivity contribution in [2.45, 2.75) is 25.2 Å². The number of aromatic nitrogens is 4. The highest BCUT2D eigenvalue weighted by Crippen LogP contribution is 2.34. The molecular weight excluding hydrogens is 473 g/mol. The lowest BCUT2D eigenvalue weighted by molar-refractivity contribution is -0.147. The minimum Gasteiger partial charge on any atom is -0.506 e. The average molecular weight is 500 g/mol. The predicted molar refractivity (Wildman–Crippen MR) is 128 cm³/mol. The number of likely N-dealkylation sites (tertiary alicyclic amines) is 1. The Bertz CT molecular complexity index is 1250. The van der Waals surface area contributed by atoms with Crippen LogP contribution in [-0.4, -0.2) is 72.2 Å². The highest BCUT2D eigenvalue weighted by molar-refractivity contribution is 5.88. The second-order valence-corrected chi connectivity index (χ2v) is 8.20. The molecule has 0 aromatic carbocycles. The molecule has 12 nitrogen and oxygen atoms in total. The summed E-state index contributed by atoms with van der Waals surface area (Å²) < 4.78 is 14.4. The van der Waals surface area contributed by atoms with Gasteiger partial charge in [-0.2, -0.15) is 0 Å². The fraction of sp³-hybridized carbons (Fsp3) is 0.304. The fourth-order valence-electron chi connectivity index (χ4n) is 3.70. The summed E-state index contributed by atoms with van der Waals surface area (Å²) in [5.41, 5.74) is 13.4. The van der Waals surface area contributed by atoms with Gasteiger partial charge in [-0.3, -0.25) is 9.59 Å². The van der Waals surface area contributed by atoms with Crippen molar-refractivity contribution >= 4 is 23.7 Å². The molecule has 1 fully saturated rings.